The highest BCUT2D eigenvalue weighted by molar-refractivity contribution is 5.91. The first-order chi connectivity index (χ1) is 19.9. The number of morpholine rings is 1. The van der Waals surface area contributed by atoms with E-state index in [4.69, 9.17) is 14.2 Å². The lowest BCUT2D eigenvalue weighted by Crippen LogP contribution is -2.45. The quantitative estimate of drug-likeness (QED) is 0.432. The minimum Gasteiger partial charge on any atom is -0.473 e. The fourth-order valence-electron chi connectivity index (χ4n) is 5.41. The highest BCUT2D eigenvalue weighted by Gasteiger charge is 2.63. The maximum Gasteiger partial charge on any atom is 0.453 e. The van der Waals surface area contributed by atoms with Crippen molar-refractivity contribution in [1.82, 2.24) is 9.88 Å². The van der Waals surface area contributed by atoms with Crippen molar-refractivity contribution < 1.29 is 45.3 Å². The number of rotatable bonds is 6. The van der Waals surface area contributed by atoms with Crippen molar-refractivity contribution in [3.05, 3.63) is 35.8 Å². The first kappa shape index (κ1) is 30.2. The van der Waals surface area contributed by atoms with E-state index in [1.54, 1.807) is 13.1 Å². The van der Waals surface area contributed by atoms with Gasteiger partial charge in [0.2, 0.25) is 5.88 Å². The third kappa shape index (κ3) is 6.38. The van der Waals surface area contributed by atoms with Crippen LogP contribution in [0.5, 0.6) is 5.88 Å². The number of anilines is 2. The van der Waals surface area contributed by atoms with Crippen molar-refractivity contribution in [2.45, 2.75) is 44.4 Å². The molecule has 1 N–H and O–H groups in total. The van der Waals surface area contributed by atoms with Crippen LogP contribution in [0, 0.1) is 18.7 Å². The summed E-state index contributed by atoms with van der Waals surface area (Å²) in [5, 5.41) is 2.35. The molecule has 1 atom stereocenters. The van der Waals surface area contributed by atoms with Gasteiger partial charge in [0.25, 0.3) is 0 Å². The summed E-state index contributed by atoms with van der Waals surface area (Å²) in [6.07, 6.45) is -3.24. The molecule has 14 heteroatoms. The van der Waals surface area contributed by atoms with E-state index in [0.29, 0.717) is 62.1 Å². The van der Waals surface area contributed by atoms with Gasteiger partial charge in [-0.3, -0.25) is 0 Å². The predicted octanol–water partition coefficient (Wildman–Crippen LogP) is 5.64. The number of amides is 2. The summed E-state index contributed by atoms with van der Waals surface area (Å²) in [5.74, 6) is -7.33. The van der Waals surface area contributed by atoms with Gasteiger partial charge in [0.1, 0.15) is 17.6 Å². The summed E-state index contributed by atoms with van der Waals surface area (Å²) in [5.41, 5.74) is 2.22. The number of carbonyl (C=O) groups excluding carboxylic acids is 1. The molecule has 8 nitrogen and oxygen atoms in total. The molecule has 3 aliphatic rings. The molecule has 0 radical (unpaired) electrons. The van der Waals surface area contributed by atoms with Gasteiger partial charge in [-0.15, -0.1) is 0 Å². The predicted molar refractivity (Wildman–Crippen MR) is 142 cm³/mol. The molecule has 1 unspecified atom stereocenters. The van der Waals surface area contributed by atoms with Crippen LogP contribution >= 0.6 is 0 Å². The van der Waals surface area contributed by atoms with E-state index in [9.17, 15) is 31.1 Å². The number of aromatic nitrogens is 1. The Labute approximate surface area is 238 Å². The number of hydrogen-bond acceptors (Lipinski definition) is 6. The van der Waals surface area contributed by atoms with Gasteiger partial charge in [0.05, 0.1) is 38.0 Å². The Balaban J connectivity index is 1.38. The van der Waals surface area contributed by atoms with Crippen LogP contribution in [0.2, 0.25) is 0 Å². The van der Waals surface area contributed by atoms with Crippen LogP contribution in [-0.2, 0) is 9.47 Å². The third-order valence-corrected chi connectivity index (χ3v) is 7.86. The number of carbonyl (C=O) groups is 1. The number of nitrogens with one attached hydrogen (secondary N) is 1. The number of halogens is 6. The summed E-state index contributed by atoms with van der Waals surface area (Å²) < 4.78 is 98.1. The topological polar surface area (TPSA) is 76.2 Å². The van der Waals surface area contributed by atoms with Crippen LogP contribution in [0.25, 0.3) is 11.1 Å². The van der Waals surface area contributed by atoms with Crippen LogP contribution in [0.15, 0.2) is 24.4 Å². The Morgan fingerprint density at radius 1 is 1.00 bits per heavy atom. The molecular weight excluding hydrogens is 570 g/mol. The summed E-state index contributed by atoms with van der Waals surface area (Å²) >= 11 is 0. The molecule has 2 aromatic rings. The second-order valence-corrected chi connectivity index (χ2v) is 10.7. The van der Waals surface area contributed by atoms with Gasteiger partial charge < -0.3 is 29.3 Å². The van der Waals surface area contributed by atoms with Gasteiger partial charge in [-0.05, 0) is 42.7 Å². The number of nitrogens with zero attached hydrogens (tertiary/aromatic N) is 3. The van der Waals surface area contributed by atoms with E-state index in [1.165, 1.54) is 12.1 Å². The smallest absolute Gasteiger partial charge is 0.453 e. The molecule has 0 saturated carbocycles. The Kier molecular flexibility index (Phi) is 8.74. The second kappa shape index (κ2) is 12.2. The highest BCUT2D eigenvalue weighted by Crippen LogP contribution is 2.45. The number of hydrogen-bond donors (Lipinski definition) is 1. The molecule has 0 spiro atoms. The first-order valence-electron chi connectivity index (χ1n) is 13.8. The summed E-state index contributed by atoms with van der Waals surface area (Å²) in [6, 6.07) is 3.54. The van der Waals surface area contributed by atoms with Crippen molar-refractivity contribution >= 4 is 17.4 Å². The van der Waals surface area contributed by atoms with Gasteiger partial charge in [-0.1, -0.05) is 0 Å². The number of aryl methyl sites for hydroxylation is 1. The number of urea groups is 1. The zero-order valence-electron chi connectivity index (χ0n) is 23.0. The van der Waals surface area contributed by atoms with Gasteiger partial charge in [-0.2, -0.15) is 22.0 Å². The number of alkyl halides is 5. The molecule has 4 heterocycles. The molecule has 230 valence electrons. The van der Waals surface area contributed by atoms with Crippen molar-refractivity contribution in [2.24, 2.45) is 5.92 Å². The number of pyridine rings is 1. The van der Waals surface area contributed by atoms with Gasteiger partial charge in [-0.25, -0.2) is 14.2 Å². The average Bonchev–Trinajstić information content (AvgIpc) is 3.47. The Hall–Kier alpha value is -3.26. The monoisotopic (exact) mass is 602 g/mol. The minimum absolute atomic E-state index is 0.0486. The maximum absolute atomic E-state index is 14.9. The van der Waals surface area contributed by atoms with E-state index in [-0.39, 0.29) is 18.3 Å². The number of likely N-dealkylation sites (tertiary alicyclic amines) is 1. The molecule has 2 amide bonds. The molecule has 5 rings (SSSR count). The Morgan fingerprint density at radius 3 is 2.38 bits per heavy atom. The van der Waals surface area contributed by atoms with Gasteiger partial charge in [0, 0.05) is 50.8 Å². The lowest BCUT2D eigenvalue weighted by atomic mass is 10.00. The van der Waals surface area contributed by atoms with E-state index >= 15 is 0 Å². The van der Waals surface area contributed by atoms with E-state index in [1.807, 2.05) is 6.07 Å². The molecule has 3 saturated heterocycles. The maximum atomic E-state index is 14.9. The van der Waals surface area contributed by atoms with Gasteiger partial charge >= 0.3 is 18.1 Å². The summed E-state index contributed by atoms with van der Waals surface area (Å²) in [6.45, 7) is 4.05. The molecule has 42 heavy (non-hydrogen) atoms. The lowest BCUT2D eigenvalue weighted by molar-refractivity contribution is -0.300. The zero-order chi connectivity index (χ0) is 30.1. The molecule has 3 fully saturated rings. The van der Waals surface area contributed by atoms with E-state index in [2.05, 4.69) is 15.2 Å². The molecule has 1 aromatic carbocycles. The number of benzene rings is 1. The lowest BCUT2D eigenvalue weighted by Gasteiger charge is -2.31. The molecule has 0 bridgehead atoms. The minimum atomic E-state index is -5.72. The zero-order valence-corrected chi connectivity index (χ0v) is 23.0. The molecule has 1 aromatic heterocycles. The Bertz CT molecular complexity index is 1280. The van der Waals surface area contributed by atoms with E-state index < -0.39 is 42.8 Å². The Morgan fingerprint density at radius 2 is 1.69 bits per heavy atom. The fraction of sp³-hybridized carbons (Fsp3) is 0.571. The average molecular weight is 603 g/mol. The largest absolute Gasteiger partial charge is 0.473 e. The molecule has 0 aliphatic carbocycles. The van der Waals surface area contributed by atoms with Crippen LogP contribution in [0.1, 0.15) is 24.8 Å². The second-order valence-electron chi connectivity index (χ2n) is 10.7. The first-order valence-corrected chi connectivity index (χ1v) is 13.8. The molecule has 3 aliphatic heterocycles. The summed E-state index contributed by atoms with van der Waals surface area (Å²) in [4.78, 5) is 20.3. The fourth-order valence-corrected chi connectivity index (χ4v) is 5.41. The summed E-state index contributed by atoms with van der Waals surface area (Å²) in [7, 11) is 0. The van der Waals surface area contributed by atoms with Crippen molar-refractivity contribution in [3.8, 4) is 17.0 Å². The van der Waals surface area contributed by atoms with Crippen molar-refractivity contribution in [3.63, 3.8) is 0 Å². The normalized spacial score (nSPS) is 20.6. The number of ether oxygens (including phenoxy) is 3. The highest BCUT2D eigenvalue weighted by atomic mass is 19.4. The van der Waals surface area contributed by atoms with Crippen molar-refractivity contribution in [2.75, 3.05) is 62.8 Å². The van der Waals surface area contributed by atoms with Crippen LogP contribution in [-0.4, -0.2) is 86.7 Å². The molecular formula is C28H32F6N4O4. The van der Waals surface area contributed by atoms with Gasteiger partial charge in [0.15, 0.2) is 0 Å². The van der Waals surface area contributed by atoms with Crippen LogP contribution in [0.4, 0.5) is 42.5 Å². The van der Waals surface area contributed by atoms with Crippen molar-refractivity contribution in [1.29, 1.82) is 0 Å². The van der Waals surface area contributed by atoms with E-state index in [0.717, 1.165) is 23.4 Å². The van der Waals surface area contributed by atoms with Crippen LogP contribution in [0.3, 0.4) is 0 Å². The third-order valence-electron chi connectivity index (χ3n) is 7.86. The standard InChI is InChI=1S/C28H32F6N4O4/c1-17-12-22(29)23(36-26(39)38-5-2-19(16-38)27(30,31)28(32,33)34)14-21(17)18-13-24(37-6-10-41-11-7-37)25(35-15-18)42-20-3-8-40-9-4-20/h12-15,19-20H,2-11,16H2,1H3,(H,36,39). The SMILES string of the molecule is Cc1cc(F)c(NC(=O)N2CCC(C(F)(F)C(F)(F)F)C2)cc1-c1cnc(OC2CCOCC2)c(N2CCOCC2)c1. The van der Waals surface area contributed by atoms with Crippen LogP contribution < -0.4 is 15.0 Å².